The molecule has 1 aromatic heterocycles. The molecule has 0 unspecified atom stereocenters. The summed E-state index contributed by atoms with van der Waals surface area (Å²) in [5, 5.41) is 44.7. The van der Waals surface area contributed by atoms with E-state index in [9.17, 15) is 38.0 Å². The normalized spacial score (nSPS) is 10.9. The number of fused-ring (bicyclic) bond motifs is 2. The summed E-state index contributed by atoms with van der Waals surface area (Å²) in [6, 6.07) is 24.9. The molecule has 5 aromatic carbocycles. The van der Waals surface area contributed by atoms with Crippen molar-refractivity contribution in [2.75, 3.05) is 16.0 Å². The zero-order valence-electron chi connectivity index (χ0n) is 26.6. The molecule has 6 rings (SSSR count). The predicted octanol–water partition coefficient (Wildman–Crippen LogP) is -0.447. The Hall–Kier alpha value is -3.82. The van der Waals surface area contributed by atoms with Gasteiger partial charge in [-0.05, 0) is 88.3 Å². The zero-order chi connectivity index (χ0) is 34.7. The summed E-state index contributed by atoms with van der Waals surface area (Å²) >= 11 is 0.767. The molecule has 5 N–H and O–H groups in total. The fourth-order valence-electron chi connectivity index (χ4n) is 4.87. The van der Waals surface area contributed by atoms with Crippen LogP contribution in [0.5, 0.6) is 0 Å². The van der Waals surface area contributed by atoms with Crippen LogP contribution >= 0.6 is 12.0 Å². The van der Waals surface area contributed by atoms with Gasteiger partial charge in [0.1, 0.15) is 21.8 Å². The first-order valence-corrected chi connectivity index (χ1v) is 16.1. The first kappa shape index (κ1) is 40.0. The third-order valence-electron chi connectivity index (χ3n) is 7.02. The molecule has 0 atom stereocenters. The van der Waals surface area contributed by atoms with Gasteiger partial charge in [-0.15, -0.1) is 0 Å². The third-order valence-corrected chi connectivity index (χ3v) is 8.43. The first-order chi connectivity index (χ1) is 23.4. The minimum atomic E-state index is -4.63. The Morgan fingerprint density at radius 1 is 0.647 bits per heavy atom. The Morgan fingerprint density at radius 3 is 1.73 bits per heavy atom. The summed E-state index contributed by atoms with van der Waals surface area (Å²) in [6.45, 7) is 0. The molecular weight excluding hydrogens is 724 g/mol. The van der Waals surface area contributed by atoms with Crippen molar-refractivity contribution in [3.63, 3.8) is 0 Å². The molecule has 19 heteroatoms. The second-order valence-electron chi connectivity index (χ2n) is 10.4. The zero-order valence-corrected chi connectivity index (χ0v) is 32.2. The number of hydrogen-bond donors (Lipinski definition) is 5. The van der Waals surface area contributed by atoms with E-state index in [-0.39, 0.29) is 98.4 Å². The van der Waals surface area contributed by atoms with Gasteiger partial charge in [0.05, 0.1) is 28.1 Å². The Kier molecular flexibility index (Phi) is 13.4. The molecule has 0 radical (unpaired) electrons. The summed E-state index contributed by atoms with van der Waals surface area (Å²) in [6.07, 6.45) is 0. The fraction of sp³-hybridized carbons (Fsp3) is 0. The molecule has 0 saturated carbocycles. The van der Waals surface area contributed by atoms with E-state index in [1.54, 1.807) is 36.4 Å². The van der Waals surface area contributed by atoms with Crippen molar-refractivity contribution >= 4 is 90.3 Å². The van der Waals surface area contributed by atoms with Crippen molar-refractivity contribution in [1.82, 2.24) is 9.97 Å². The number of carbonyl (C=O) groups is 2. The van der Waals surface area contributed by atoms with Crippen molar-refractivity contribution in [2.45, 2.75) is 9.79 Å². The molecule has 248 valence electrons. The fourth-order valence-corrected chi connectivity index (χ4v) is 5.78. The van der Waals surface area contributed by atoms with Crippen LogP contribution < -0.4 is 80.3 Å². The molecule has 0 aliphatic rings. The summed E-state index contributed by atoms with van der Waals surface area (Å²) in [7, 11) is -4.63. The van der Waals surface area contributed by atoms with Crippen LogP contribution in [0, 0.1) is 0 Å². The van der Waals surface area contributed by atoms with Crippen LogP contribution in [-0.4, -0.2) is 45.1 Å². The minimum absolute atomic E-state index is 0. The number of anilines is 6. The van der Waals surface area contributed by atoms with Gasteiger partial charge in [-0.2, -0.15) is 14.3 Å². The van der Waals surface area contributed by atoms with Gasteiger partial charge < -0.3 is 36.0 Å². The second kappa shape index (κ2) is 17.1. The molecule has 0 amide bonds. The number of aromatic carboxylic acids is 2. The van der Waals surface area contributed by atoms with E-state index in [0.717, 1.165) is 28.9 Å². The van der Waals surface area contributed by atoms with Crippen LogP contribution in [0.25, 0.3) is 21.5 Å². The van der Waals surface area contributed by atoms with Gasteiger partial charge in [-0.25, -0.2) is 18.0 Å². The molecule has 0 spiro atoms. The van der Waals surface area contributed by atoms with E-state index in [0.29, 0.717) is 27.0 Å². The van der Waals surface area contributed by atoms with E-state index < -0.39 is 22.1 Å². The van der Waals surface area contributed by atoms with Crippen LogP contribution in [0.2, 0.25) is 0 Å². The molecule has 15 nitrogen and oxygen atoms in total. The van der Waals surface area contributed by atoms with E-state index >= 15 is 0 Å². The van der Waals surface area contributed by atoms with Crippen molar-refractivity contribution in [2.24, 2.45) is 0 Å². The second-order valence-corrected chi connectivity index (χ2v) is 12.5. The largest absolute Gasteiger partial charge is 1.00 e. The summed E-state index contributed by atoms with van der Waals surface area (Å²) < 4.78 is 38.7. The quantitative estimate of drug-likeness (QED) is 0.0351. The van der Waals surface area contributed by atoms with Crippen molar-refractivity contribution in [1.29, 1.82) is 0 Å². The average Bonchev–Trinajstić information content (AvgIpc) is 3.06. The van der Waals surface area contributed by atoms with E-state index in [1.807, 2.05) is 18.2 Å². The van der Waals surface area contributed by atoms with E-state index in [1.165, 1.54) is 36.4 Å². The number of benzene rings is 5. The SMILES string of the molecule is O=C(O)c1cc(Nc2cc(Nc3ccc4cc(S(=O)(=O)[O-])ccc4c3)nc(Nc3ccc4cc(SOO[O-])ccc4c3)n2)cc(C(=O)O)c1.[Na+].[Na+]. The molecule has 0 saturated heterocycles. The molecule has 0 aliphatic carbocycles. The summed E-state index contributed by atoms with van der Waals surface area (Å²) in [5.74, 6) is -2.08. The van der Waals surface area contributed by atoms with E-state index in [2.05, 4.69) is 35.3 Å². The minimum Gasteiger partial charge on any atom is -0.744 e. The Balaban J connectivity index is 0.00000292. The van der Waals surface area contributed by atoms with Gasteiger partial charge in [0.2, 0.25) is 5.95 Å². The monoisotopic (exact) mass is 745 g/mol. The molecular formula is C32H21N5Na2O10S2. The Bertz CT molecular complexity index is 2350. The Morgan fingerprint density at radius 2 is 1.16 bits per heavy atom. The predicted molar refractivity (Wildman–Crippen MR) is 176 cm³/mol. The molecule has 51 heavy (non-hydrogen) atoms. The molecule has 1 heterocycles. The number of carboxylic acid groups (broad SMARTS) is 2. The maximum atomic E-state index is 11.7. The van der Waals surface area contributed by atoms with Gasteiger partial charge in [-0.1, -0.05) is 24.3 Å². The number of rotatable bonds is 12. The van der Waals surface area contributed by atoms with Gasteiger partial charge in [0.25, 0.3) is 0 Å². The molecule has 0 bridgehead atoms. The van der Waals surface area contributed by atoms with Crippen molar-refractivity contribution < 1.29 is 107 Å². The number of nitrogens with one attached hydrogen (secondary N) is 3. The first-order valence-electron chi connectivity index (χ1n) is 13.9. The van der Waals surface area contributed by atoms with Crippen LogP contribution in [-0.2, 0) is 19.5 Å². The molecule has 6 aromatic rings. The van der Waals surface area contributed by atoms with Crippen LogP contribution in [0.3, 0.4) is 0 Å². The van der Waals surface area contributed by atoms with Crippen molar-refractivity contribution in [3.05, 3.63) is 108 Å². The number of hydrogen-bond acceptors (Lipinski definition) is 14. The average molecular weight is 746 g/mol. The summed E-state index contributed by atoms with van der Waals surface area (Å²) in [5.41, 5.74) is 0.802. The summed E-state index contributed by atoms with van der Waals surface area (Å²) in [4.78, 5) is 32.7. The topological polar surface area (TPSA) is 235 Å². The maximum Gasteiger partial charge on any atom is 1.00 e. The van der Waals surface area contributed by atoms with Gasteiger partial charge in [-0.3, -0.25) is 5.04 Å². The molecule has 0 aliphatic heterocycles. The van der Waals surface area contributed by atoms with Gasteiger partial charge in [0.15, 0.2) is 0 Å². The van der Waals surface area contributed by atoms with Gasteiger partial charge >= 0.3 is 71.1 Å². The van der Waals surface area contributed by atoms with Gasteiger partial charge in [0, 0.05) is 28.0 Å². The van der Waals surface area contributed by atoms with Crippen LogP contribution in [0.4, 0.5) is 34.6 Å². The number of carboxylic acids is 2. The van der Waals surface area contributed by atoms with E-state index in [4.69, 9.17) is 0 Å². The Labute approximate surface area is 337 Å². The standard InChI is InChI=1S/C32H23N5O10S2.2Na/c38-30(39)21-9-22(31(40)41)13-25(12-21)34-29-16-28(33-23-5-2-20-15-27(49(43,44)45)8-4-18(20)10-23)36-32(37-29)35-24-6-1-19-14-26(48-47-46-42)7-3-17(19)11-24;;/h1-16,42H,(H,38,39)(H,40,41)(H,43,44,45)(H3,33,34,35,36,37);;/q;2*+1/p-2. The van der Waals surface area contributed by atoms with Crippen molar-refractivity contribution in [3.8, 4) is 0 Å². The van der Waals surface area contributed by atoms with Crippen LogP contribution in [0.15, 0.2) is 107 Å². The van der Waals surface area contributed by atoms with Crippen LogP contribution in [0.1, 0.15) is 20.7 Å². The molecule has 0 fully saturated rings. The third kappa shape index (κ3) is 10.2. The smallest absolute Gasteiger partial charge is 0.744 e. The maximum absolute atomic E-state index is 11.7. The number of nitrogens with zero attached hydrogens (tertiary/aromatic N) is 2. The number of aromatic nitrogens is 2.